The number of likely N-dealkylation sites (tertiary alicyclic amines) is 1. The first-order valence-electron chi connectivity index (χ1n) is 9.10. The van der Waals surface area contributed by atoms with Gasteiger partial charge in [-0.2, -0.15) is 0 Å². The van der Waals surface area contributed by atoms with Gasteiger partial charge in [0.15, 0.2) is 6.10 Å². The highest BCUT2D eigenvalue weighted by molar-refractivity contribution is 5.98. The van der Waals surface area contributed by atoms with Crippen LogP contribution in [0.2, 0.25) is 0 Å². The van der Waals surface area contributed by atoms with Crippen molar-refractivity contribution >= 4 is 17.5 Å². The quantitative estimate of drug-likeness (QED) is 0.838. The maximum absolute atomic E-state index is 12.8. The average Bonchev–Trinajstić information content (AvgIpc) is 2.59. The highest BCUT2D eigenvalue weighted by Crippen LogP contribution is 2.37. The van der Waals surface area contributed by atoms with E-state index in [1.54, 1.807) is 4.90 Å². The zero-order valence-corrected chi connectivity index (χ0v) is 13.9. The molecule has 3 aliphatic rings. The highest BCUT2D eigenvalue weighted by Gasteiger charge is 2.39. The molecular weight excluding hydrogens is 304 g/mol. The molecule has 2 amide bonds. The summed E-state index contributed by atoms with van der Waals surface area (Å²) < 4.78 is 5.97. The largest absolute Gasteiger partial charge is 0.476 e. The predicted molar refractivity (Wildman–Crippen MR) is 91.0 cm³/mol. The first kappa shape index (κ1) is 15.5. The number of amides is 2. The van der Waals surface area contributed by atoms with Gasteiger partial charge in [-0.1, -0.05) is 18.6 Å². The van der Waals surface area contributed by atoms with Gasteiger partial charge in [0.25, 0.3) is 5.91 Å². The van der Waals surface area contributed by atoms with Crippen molar-refractivity contribution < 1.29 is 14.3 Å². The lowest BCUT2D eigenvalue weighted by atomic mass is 9.84. The smallest absolute Gasteiger partial charge is 0.265 e. The number of para-hydroxylation sites is 2. The molecule has 0 bridgehead atoms. The van der Waals surface area contributed by atoms with Gasteiger partial charge in [0.05, 0.1) is 12.2 Å². The molecule has 1 aromatic rings. The Bertz CT molecular complexity index is 635. The SMILES string of the molecule is O=C([C@@H]1CN(C(=O)C2CCC2)c2ccccc2O1)N1CCCCC1. The fourth-order valence-electron chi connectivity index (χ4n) is 3.77. The van der Waals surface area contributed by atoms with Gasteiger partial charge in [0.2, 0.25) is 5.91 Å². The minimum atomic E-state index is -0.581. The Kier molecular flexibility index (Phi) is 4.17. The third-order valence-corrected chi connectivity index (χ3v) is 5.44. The zero-order valence-electron chi connectivity index (χ0n) is 13.9. The van der Waals surface area contributed by atoms with Crippen LogP contribution < -0.4 is 9.64 Å². The van der Waals surface area contributed by atoms with E-state index in [4.69, 9.17) is 4.74 Å². The van der Waals surface area contributed by atoms with E-state index in [9.17, 15) is 9.59 Å². The number of ether oxygens (including phenoxy) is 1. The van der Waals surface area contributed by atoms with Crippen molar-refractivity contribution in [2.75, 3.05) is 24.5 Å². The zero-order chi connectivity index (χ0) is 16.5. The van der Waals surface area contributed by atoms with Gasteiger partial charge in [0, 0.05) is 19.0 Å². The van der Waals surface area contributed by atoms with Gasteiger partial charge in [-0.3, -0.25) is 9.59 Å². The summed E-state index contributed by atoms with van der Waals surface area (Å²) in [6.45, 7) is 1.94. The Morgan fingerprint density at radius 1 is 0.958 bits per heavy atom. The molecule has 2 fully saturated rings. The molecule has 1 aromatic carbocycles. The normalized spacial score (nSPS) is 23.9. The second kappa shape index (κ2) is 6.46. The van der Waals surface area contributed by atoms with Crippen molar-refractivity contribution in [2.45, 2.75) is 44.6 Å². The summed E-state index contributed by atoms with van der Waals surface area (Å²) in [7, 11) is 0. The molecule has 0 aromatic heterocycles. The summed E-state index contributed by atoms with van der Waals surface area (Å²) in [5, 5.41) is 0. The molecule has 0 unspecified atom stereocenters. The third kappa shape index (κ3) is 2.76. The van der Waals surface area contributed by atoms with Crippen LogP contribution in [0.15, 0.2) is 24.3 Å². The topological polar surface area (TPSA) is 49.9 Å². The van der Waals surface area contributed by atoms with Gasteiger partial charge < -0.3 is 14.5 Å². The number of piperidine rings is 1. The van der Waals surface area contributed by atoms with Crippen molar-refractivity contribution in [2.24, 2.45) is 5.92 Å². The van der Waals surface area contributed by atoms with E-state index >= 15 is 0 Å². The van der Waals surface area contributed by atoms with Crippen molar-refractivity contribution in [3.63, 3.8) is 0 Å². The lowest BCUT2D eigenvalue weighted by Crippen LogP contribution is -2.54. The van der Waals surface area contributed by atoms with Crippen LogP contribution in [0.5, 0.6) is 5.75 Å². The maximum atomic E-state index is 12.8. The maximum Gasteiger partial charge on any atom is 0.265 e. The lowest BCUT2D eigenvalue weighted by Gasteiger charge is -2.39. The first-order chi connectivity index (χ1) is 11.7. The molecule has 0 radical (unpaired) electrons. The summed E-state index contributed by atoms with van der Waals surface area (Å²) in [5.41, 5.74) is 0.803. The van der Waals surface area contributed by atoms with E-state index in [1.807, 2.05) is 29.2 Å². The number of fused-ring (bicyclic) bond motifs is 1. The Balaban J connectivity index is 1.57. The van der Waals surface area contributed by atoms with Crippen LogP contribution >= 0.6 is 0 Å². The molecule has 1 saturated carbocycles. The van der Waals surface area contributed by atoms with Gasteiger partial charge in [0.1, 0.15) is 5.75 Å². The Morgan fingerprint density at radius 2 is 1.71 bits per heavy atom. The molecule has 4 rings (SSSR count). The summed E-state index contributed by atoms with van der Waals surface area (Å²) in [6.07, 6.45) is 5.76. The molecule has 1 aliphatic carbocycles. The molecule has 5 heteroatoms. The van der Waals surface area contributed by atoms with Crippen LogP contribution in [0, 0.1) is 5.92 Å². The third-order valence-electron chi connectivity index (χ3n) is 5.44. The summed E-state index contributed by atoms with van der Waals surface area (Å²) in [4.78, 5) is 29.4. The number of rotatable bonds is 2. The van der Waals surface area contributed by atoms with Gasteiger partial charge >= 0.3 is 0 Å². The molecule has 24 heavy (non-hydrogen) atoms. The molecule has 5 nitrogen and oxygen atoms in total. The van der Waals surface area contributed by atoms with Crippen molar-refractivity contribution in [1.82, 2.24) is 4.90 Å². The number of anilines is 1. The molecule has 2 aliphatic heterocycles. The van der Waals surface area contributed by atoms with E-state index < -0.39 is 6.10 Å². The van der Waals surface area contributed by atoms with Gasteiger partial charge in [-0.25, -0.2) is 0 Å². The second-order valence-electron chi connectivity index (χ2n) is 7.04. The number of carbonyl (C=O) groups excluding carboxylic acids is 2. The molecule has 2 heterocycles. The number of hydrogen-bond acceptors (Lipinski definition) is 3. The van der Waals surface area contributed by atoms with E-state index in [1.165, 1.54) is 6.42 Å². The summed E-state index contributed by atoms with van der Waals surface area (Å²) in [5.74, 6) is 0.928. The minimum absolute atomic E-state index is 0.0237. The number of benzene rings is 1. The predicted octanol–water partition coefficient (Wildman–Crippen LogP) is 2.59. The van der Waals surface area contributed by atoms with E-state index in [0.29, 0.717) is 12.3 Å². The van der Waals surface area contributed by atoms with Crippen LogP contribution in [0.3, 0.4) is 0 Å². The fraction of sp³-hybridized carbons (Fsp3) is 0.579. The number of hydrogen-bond donors (Lipinski definition) is 0. The standard InChI is InChI=1S/C19H24N2O3/c22-18(14-7-6-8-14)21-13-17(19(23)20-11-4-1-5-12-20)24-16-10-3-2-9-15(16)21/h2-3,9-10,14,17H,1,4-8,11-13H2/t17-/m0/s1. The molecule has 0 spiro atoms. The highest BCUT2D eigenvalue weighted by atomic mass is 16.5. The van der Waals surface area contributed by atoms with Gasteiger partial charge in [-0.05, 0) is 44.2 Å². The fourth-order valence-corrected chi connectivity index (χ4v) is 3.77. The molecular formula is C19H24N2O3. The van der Waals surface area contributed by atoms with E-state index in [2.05, 4.69) is 0 Å². The van der Waals surface area contributed by atoms with Crippen LogP contribution in [0.1, 0.15) is 38.5 Å². The van der Waals surface area contributed by atoms with E-state index in [-0.39, 0.29) is 17.7 Å². The molecule has 0 N–H and O–H groups in total. The summed E-state index contributed by atoms with van der Waals surface area (Å²) in [6, 6.07) is 7.56. The lowest BCUT2D eigenvalue weighted by molar-refractivity contribution is -0.139. The number of nitrogens with zero attached hydrogens (tertiary/aromatic N) is 2. The van der Waals surface area contributed by atoms with Crippen LogP contribution in [0.25, 0.3) is 0 Å². The van der Waals surface area contributed by atoms with Crippen molar-refractivity contribution in [3.8, 4) is 5.75 Å². The minimum Gasteiger partial charge on any atom is -0.476 e. The van der Waals surface area contributed by atoms with Crippen LogP contribution in [-0.4, -0.2) is 42.5 Å². The van der Waals surface area contributed by atoms with Crippen LogP contribution in [0.4, 0.5) is 5.69 Å². The number of carbonyl (C=O) groups is 2. The molecule has 1 saturated heterocycles. The Hall–Kier alpha value is -2.04. The Labute approximate surface area is 142 Å². The van der Waals surface area contributed by atoms with Crippen molar-refractivity contribution in [1.29, 1.82) is 0 Å². The van der Waals surface area contributed by atoms with Crippen molar-refractivity contribution in [3.05, 3.63) is 24.3 Å². The second-order valence-corrected chi connectivity index (χ2v) is 7.04. The first-order valence-corrected chi connectivity index (χ1v) is 9.10. The molecule has 128 valence electrons. The monoisotopic (exact) mass is 328 g/mol. The van der Waals surface area contributed by atoms with E-state index in [0.717, 1.165) is 50.9 Å². The summed E-state index contributed by atoms with van der Waals surface area (Å²) >= 11 is 0. The van der Waals surface area contributed by atoms with Gasteiger partial charge in [-0.15, -0.1) is 0 Å². The van der Waals surface area contributed by atoms with Crippen LogP contribution in [-0.2, 0) is 9.59 Å². The molecule has 1 atom stereocenters. The Morgan fingerprint density at radius 3 is 2.42 bits per heavy atom. The average molecular weight is 328 g/mol.